The zero-order valence-electron chi connectivity index (χ0n) is 16.7. The number of nitrogens with zero attached hydrogens (tertiary/aromatic N) is 2. The normalized spacial score (nSPS) is 16.2. The number of rotatable bonds is 5. The van der Waals surface area contributed by atoms with Gasteiger partial charge < -0.3 is 19.8 Å². The molecule has 1 aromatic heterocycles. The number of aryl methyl sites for hydroxylation is 1. The SMILES string of the molecule is CCn1c(=O)c(=O)[nH]c2cc(C(=O)NCC3CCN(c4ccc(F)cc4)C3)ccc21. The summed E-state index contributed by atoms with van der Waals surface area (Å²) in [5, 5.41) is 2.96. The van der Waals surface area contributed by atoms with Crippen molar-refractivity contribution in [2.24, 2.45) is 5.92 Å². The van der Waals surface area contributed by atoms with E-state index in [4.69, 9.17) is 0 Å². The van der Waals surface area contributed by atoms with Gasteiger partial charge in [0.05, 0.1) is 11.0 Å². The number of anilines is 1. The Labute approximate surface area is 172 Å². The van der Waals surface area contributed by atoms with Crippen molar-refractivity contribution in [3.05, 3.63) is 74.6 Å². The van der Waals surface area contributed by atoms with Crippen LogP contribution in [0.5, 0.6) is 0 Å². The number of aromatic amines is 1. The first kappa shape index (κ1) is 19.9. The van der Waals surface area contributed by atoms with Crippen LogP contribution in [0.15, 0.2) is 52.1 Å². The molecular formula is C22H23FN4O3. The summed E-state index contributed by atoms with van der Waals surface area (Å²) in [5.74, 6) is -0.189. The molecule has 1 amide bonds. The fourth-order valence-corrected chi connectivity index (χ4v) is 3.96. The van der Waals surface area contributed by atoms with Gasteiger partial charge >= 0.3 is 11.1 Å². The van der Waals surface area contributed by atoms with Crippen LogP contribution < -0.4 is 21.3 Å². The molecule has 1 saturated heterocycles. The highest BCUT2D eigenvalue weighted by Crippen LogP contribution is 2.23. The van der Waals surface area contributed by atoms with E-state index in [1.807, 2.05) is 0 Å². The monoisotopic (exact) mass is 410 g/mol. The van der Waals surface area contributed by atoms with E-state index in [2.05, 4.69) is 15.2 Å². The second-order valence-corrected chi connectivity index (χ2v) is 7.52. The van der Waals surface area contributed by atoms with Crippen molar-refractivity contribution in [3.8, 4) is 0 Å². The van der Waals surface area contributed by atoms with Crippen LogP contribution in [0.2, 0.25) is 0 Å². The summed E-state index contributed by atoms with van der Waals surface area (Å²) in [5.41, 5.74) is 1.14. The summed E-state index contributed by atoms with van der Waals surface area (Å²) in [4.78, 5) is 41.1. The van der Waals surface area contributed by atoms with Gasteiger partial charge in [0.1, 0.15) is 5.82 Å². The van der Waals surface area contributed by atoms with Gasteiger partial charge in [0, 0.05) is 37.4 Å². The van der Waals surface area contributed by atoms with Crippen molar-refractivity contribution in [2.75, 3.05) is 24.5 Å². The fraction of sp³-hybridized carbons (Fsp3) is 0.318. The molecule has 0 bridgehead atoms. The molecule has 3 aromatic rings. The Hall–Kier alpha value is -3.42. The molecule has 1 atom stereocenters. The zero-order chi connectivity index (χ0) is 21.3. The largest absolute Gasteiger partial charge is 0.371 e. The summed E-state index contributed by atoms with van der Waals surface area (Å²) in [6, 6.07) is 11.4. The molecule has 30 heavy (non-hydrogen) atoms. The Morgan fingerprint density at radius 2 is 1.97 bits per heavy atom. The highest BCUT2D eigenvalue weighted by Gasteiger charge is 2.23. The van der Waals surface area contributed by atoms with E-state index < -0.39 is 11.1 Å². The summed E-state index contributed by atoms with van der Waals surface area (Å²) >= 11 is 0. The number of fused-ring (bicyclic) bond motifs is 1. The number of carbonyl (C=O) groups is 1. The lowest BCUT2D eigenvalue weighted by atomic mass is 10.1. The van der Waals surface area contributed by atoms with Crippen LogP contribution in [0.25, 0.3) is 11.0 Å². The predicted molar refractivity (Wildman–Crippen MR) is 114 cm³/mol. The minimum atomic E-state index is -0.700. The summed E-state index contributed by atoms with van der Waals surface area (Å²) in [6.45, 7) is 4.34. The van der Waals surface area contributed by atoms with Crippen LogP contribution in [0.3, 0.4) is 0 Å². The second-order valence-electron chi connectivity index (χ2n) is 7.52. The molecule has 7 nitrogen and oxygen atoms in total. The number of H-pyrrole nitrogens is 1. The highest BCUT2D eigenvalue weighted by atomic mass is 19.1. The molecule has 1 aliphatic heterocycles. The fourth-order valence-electron chi connectivity index (χ4n) is 3.96. The second kappa shape index (κ2) is 8.14. The van der Waals surface area contributed by atoms with Gasteiger partial charge in [0.2, 0.25) is 0 Å². The minimum Gasteiger partial charge on any atom is -0.371 e. The van der Waals surface area contributed by atoms with Gasteiger partial charge in [-0.1, -0.05) is 0 Å². The van der Waals surface area contributed by atoms with Crippen molar-refractivity contribution >= 4 is 22.6 Å². The molecule has 0 aliphatic carbocycles. The average molecular weight is 410 g/mol. The standard InChI is InChI=1S/C22H23FN4O3/c1-2-27-19-8-3-15(11-18(19)25-21(29)22(27)30)20(28)24-12-14-9-10-26(13-14)17-6-4-16(23)5-7-17/h3-8,11,14H,2,9-10,12-13H2,1H3,(H,24,28)(H,25,29). The molecule has 0 radical (unpaired) electrons. The molecular weight excluding hydrogens is 387 g/mol. The molecule has 0 spiro atoms. The first-order chi connectivity index (χ1) is 14.5. The molecule has 1 unspecified atom stereocenters. The number of aromatic nitrogens is 2. The van der Waals surface area contributed by atoms with Gasteiger partial charge in [0.25, 0.3) is 5.91 Å². The maximum atomic E-state index is 13.1. The molecule has 0 saturated carbocycles. The van der Waals surface area contributed by atoms with E-state index in [0.717, 1.165) is 25.2 Å². The van der Waals surface area contributed by atoms with E-state index >= 15 is 0 Å². The number of hydrogen-bond acceptors (Lipinski definition) is 4. The number of carbonyl (C=O) groups excluding carboxylic acids is 1. The molecule has 2 aromatic carbocycles. The maximum absolute atomic E-state index is 13.1. The number of benzene rings is 2. The number of halogens is 1. The Morgan fingerprint density at radius 3 is 2.70 bits per heavy atom. The third kappa shape index (κ3) is 3.85. The van der Waals surface area contributed by atoms with Crippen LogP contribution in [-0.2, 0) is 6.54 Å². The molecule has 2 heterocycles. The first-order valence-electron chi connectivity index (χ1n) is 10.0. The van der Waals surface area contributed by atoms with Gasteiger partial charge in [-0.25, -0.2) is 4.39 Å². The summed E-state index contributed by atoms with van der Waals surface area (Å²) in [6.07, 6.45) is 0.936. The molecule has 2 N–H and O–H groups in total. The molecule has 1 fully saturated rings. The molecule has 8 heteroatoms. The minimum absolute atomic E-state index is 0.229. The Bertz CT molecular complexity index is 1200. The van der Waals surface area contributed by atoms with Crippen LogP contribution in [0.1, 0.15) is 23.7 Å². The van der Waals surface area contributed by atoms with Crippen molar-refractivity contribution in [3.63, 3.8) is 0 Å². The summed E-state index contributed by atoms with van der Waals surface area (Å²) < 4.78 is 14.5. The quantitative estimate of drug-likeness (QED) is 0.631. The van der Waals surface area contributed by atoms with E-state index in [9.17, 15) is 18.8 Å². The van der Waals surface area contributed by atoms with Crippen molar-refractivity contribution in [1.82, 2.24) is 14.9 Å². The van der Waals surface area contributed by atoms with E-state index in [0.29, 0.717) is 35.6 Å². The molecule has 4 rings (SSSR count). The molecule has 1 aliphatic rings. The number of hydrogen-bond donors (Lipinski definition) is 2. The lowest BCUT2D eigenvalue weighted by Gasteiger charge is -2.19. The van der Waals surface area contributed by atoms with Crippen LogP contribution in [0.4, 0.5) is 10.1 Å². The van der Waals surface area contributed by atoms with Gasteiger partial charge in [-0.15, -0.1) is 0 Å². The first-order valence-corrected chi connectivity index (χ1v) is 10.0. The van der Waals surface area contributed by atoms with Gasteiger partial charge in [0.15, 0.2) is 0 Å². The van der Waals surface area contributed by atoms with Crippen molar-refractivity contribution < 1.29 is 9.18 Å². The third-order valence-electron chi connectivity index (χ3n) is 5.58. The van der Waals surface area contributed by atoms with E-state index in [1.165, 1.54) is 16.7 Å². The van der Waals surface area contributed by atoms with Gasteiger partial charge in [-0.3, -0.25) is 14.4 Å². The third-order valence-corrected chi connectivity index (χ3v) is 5.58. The zero-order valence-corrected chi connectivity index (χ0v) is 16.7. The van der Waals surface area contributed by atoms with Crippen LogP contribution in [0, 0.1) is 11.7 Å². The van der Waals surface area contributed by atoms with Crippen LogP contribution >= 0.6 is 0 Å². The summed E-state index contributed by atoms with van der Waals surface area (Å²) in [7, 11) is 0. The lowest BCUT2D eigenvalue weighted by molar-refractivity contribution is 0.0948. The Kier molecular flexibility index (Phi) is 5.39. The van der Waals surface area contributed by atoms with Crippen molar-refractivity contribution in [2.45, 2.75) is 19.9 Å². The van der Waals surface area contributed by atoms with Gasteiger partial charge in [-0.05, 0) is 61.7 Å². The lowest BCUT2D eigenvalue weighted by Crippen LogP contribution is -2.36. The molecule has 156 valence electrons. The number of amides is 1. The maximum Gasteiger partial charge on any atom is 0.316 e. The van der Waals surface area contributed by atoms with E-state index in [1.54, 1.807) is 37.3 Å². The Morgan fingerprint density at radius 1 is 1.20 bits per heavy atom. The van der Waals surface area contributed by atoms with Crippen LogP contribution in [-0.4, -0.2) is 35.1 Å². The van der Waals surface area contributed by atoms with E-state index in [-0.39, 0.29) is 11.7 Å². The topological polar surface area (TPSA) is 87.2 Å². The van der Waals surface area contributed by atoms with Crippen molar-refractivity contribution in [1.29, 1.82) is 0 Å². The average Bonchev–Trinajstić information content (AvgIpc) is 3.22. The number of nitrogens with one attached hydrogen (secondary N) is 2. The van der Waals surface area contributed by atoms with Gasteiger partial charge in [-0.2, -0.15) is 0 Å². The Balaban J connectivity index is 1.42. The highest BCUT2D eigenvalue weighted by molar-refractivity contribution is 5.97. The smallest absolute Gasteiger partial charge is 0.316 e. The predicted octanol–water partition coefficient (Wildman–Crippen LogP) is 2.11.